The zero-order valence-corrected chi connectivity index (χ0v) is 15.3. The van der Waals surface area contributed by atoms with Gasteiger partial charge in [-0.05, 0) is 29.7 Å². The van der Waals surface area contributed by atoms with E-state index in [-0.39, 0.29) is 11.3 Å². The Morgan fingerprint density at radius 3 is 2.78 bits per heavy atom. The second kappa shape index (κ2) is 6.90. The lowest BCUT2D eigenvalue weighted by atomic mass is 10.1. The largest absolute Gasteiger partial charge is 0.477 e. The highest BCUT2D eigenvalue weighted by molar-refractivity contribution is 7.10. The van der Waals surface area contributed by atoms with Gasteiger partial charge in [0.25, 0.3) is 5.91 Å². The smallest absolute Gasteiger partial charge is 0.352 e. The minimum atomic E-state index is -1.11. The maximum absolute atomic E-state index is 12.7. The van der Waals surface area contributed by atoms with E-state index in [9.17, 15) is 14.7 Å². The van der Waals surface area contributed by atoms with Crippen LogP contribution in [0.3, 0.4) is 0 Å². The number of para-hydroxylation sites is 1. The summed E-state index contributed by atoms with van der Waals surface area (Å²) in [5.74, 6) is -1.23. The van der Waals surface area contributed by atoms with Crippen molar-refractivity contribution in [2.75, 3.05) is 10.6 Å². The van der Waals surface area contributed by atoms with Crippen LogP contribution < -0.4 is 10.6 Å². The molecule has 4 rings (SSSR count). The Morgan fingerprint density at radius 2 is 2.07 bits per heavy atom. The van der Waals surface area contributed by atoms with Crippen molar-refractivity contribution < 1.29 is 14.7 Å². The van der Waals surface area contributed by atoms with Crippen molar-refractivity contribution in [2.24, 2.45) is 0 Å². The SMILES string of the molecule is O=C(O)C1=C[C@H](c2cccs2)n2ncc(C(=O)Nc3ccccc3Cl)c2N1. The number of fused-ring (bicyclic) bond motifs is 1. The number of nitrogens with one attached hydrogen (secondary N) is 2. The number of hydrogen-bond acceptors (Lipinski definition) is 5. The molecule has 0 spiro atoms. The molecule has 0 unspecified atom stereocenters. The third-order valence-corrected chi connectivity index (χ3v) is 5.34. The van der Waals surface area contributed by atoms with Crippen molar-refractivity contribution in [2.45, 2.75) is 6.04 Å². The maximum Gasteiger partial charge on any atom is 0.352 e. The first-order valence-electron chi connectivity index (χ1n) is 7.93. The minimum Gasteiger partial charge on any atom is -0.477 e. The average molecular weight is 401 g/mol. The lowest BCUT2D eigenvalue weighted by Gasteiger charge is -2.23. The van der Waals surface area contributed by atoms with Crippen molar-refractivity contribution in [3.8, 4) is 0 Å². The van der Waals surface area contributed by atoms with Gasteiger partial charge in [-0.3, -0.25) is 4.79 Å². The van der Waals surface area contributed by atoms with E-state index in [1.807, 2.05) is 17.5 Å². The topological polar surface area (TPSA) is 96.2 Å². The van der Waals surface area contributed by atoms with Crippen LogP contribution in [-0.2, 0) is 4.79 Å². The van der Waals surface area contributed by atoms with Crippen molar-refractivity contribution in [3.63, 3.8) is 0 Å². The van der Waals surface area contributed by atoms with Crippen LogP contribution in [0.2, 0.25) is 5.02 Å². The quantitative estimate of drug-likeness (QED) is 0.618. The van der Waals surface area contributed by atoms with Crippen LogP contribution >= 0.6 is 22.9 Å². The summed E-state index contributed by atoms with van der Waals surface area (Å²) < 4.78 is 1.60. The van der Waals surface area contributed by atoms with Gasteiger partial charge in [0.2, 0.25) is 0 Å². The standard InChI is InChI=1S/C18H13ClN4O3S/c19-11-4-1-2-5-12(11)22-17(24)10-9-20-23-14(15-6-3-7-27-15)8-13(18(25)26)21-16(10)23/h1-9,14,21H,(H,22,24)(H,25,26)/t14-/m1/s1. The Hall–Kier alpha value is -3.10. The second-order valence-corrected chi connectivity index (χ2v) is 7.14. The molecule has 3 aromatic rings. The average Bonchev–Trinajstić information content (AvgIpc) is 3.32. The molecule has 136 valence electrons. The van der Waals surface area contributed by atoms with E-state index in [2.05, 4.69) is 15.7 Å². The van der Waals surface area contributed by atoms with Gasteiger partial charge in [0.1, 0.15) is 23.1 Å². The zero-order chi connectivity index (χ0) is 19.0. The van der Waals surface area contributed by atoms with E-state index < -0.39 is 17.9 Å². The summed E-state index contributed by atoms with van der Waals surface area (Å²) in [6, 6.07) is 10.2. The summed E-state index contributed by atoms with van der Waals surface area (Å²) in [7, 11) is 0. The van der Waals surface area contributed by atoms with Crippen LogP contribution in [-0.4, -0.2) is 26.8 Å². The predicted octanol–water partition coefficient (Wildman–Crippen LogP) is 3.83. The van der Waals surface area contributed by atoms with Crippen molar-refractivity contribution in [3.05, 3.63) is 75.2 Å². The lowest BCUT2D eigenvalue weighted by molar-refractivity contribution is -0.132. The number of rotatable bonds is 4. The molecule has 0 radical (unpaired) electrons. The van der Waals surface area contributed by atoms with Crippen LogP contribution in [0, 0.1) is 0 Å². The summed E-state index contributed by atoms with van der Waals surface area (Å²) >= 11 is 7.58. The van der Waals surface area contributed by atoms with E-state index in [0.717, 1.165) is 4.88 Å². The van der Waals surface area contributed by atoms with Gasteiger partial charge in [0.05, 0.1) is 16.9 Å². The van der Waals surface area contributed by atoms with Crippen LogP contribution in [0.1, 0.15) is 21.3 Å². The van der Waals surface area contributed by atoms with E-state index in [4.69, 9.17) is 11.6 Å². The zero-order valence-electron chi connectivity index (χ0n) is 13.7. The van der Waals surface area contributed by atoms with Gasteiger partial charge in [-0.1, -0.05) is 29.8 Å². The molecule has 1 amide bonds. The number of halogens is 1. The third kappa shape index (κ3) is 3.20. The van der Waals surface area contributed by atoms with Crippen LogP contribution in [0.15, 0.2) is 59.7 Å². The molecule has 1 atom stereocenters. The molecular formula is C18H13ClN4O3S. The first kappa shape index (κ1) is 17.3. The van der Waals surface area contributed by atoms with Gasteiger partial charge in [0, 0.05) is 4.88 Å². The highest BCUT2D eigenvalue weighted by atomic mass is 35.5. The molecule has 1 aliphatic heterocycles. The van der Waals surface area contributed by atoms with Crippen molar-refractivity contribution in [1.82, 2.24) is 9.78 Å². The first-order valence-corrected chi connectivity index (χ1v) is 9.19. The Kier molecular flexibility index (Phi) is 4.43. The summed E-state index contributed by atoms with van der Waals surface area (Å²) in [6.07, 6.45) is 2.98. The molecule has 27 heavy (non-hydrogen) atoms. The fourth-order valence-corrected chi connectivity index (χ4v) is 3.76. The number of nitrogens with zero attached hydrogens (tertiary/aromatic N) is 2. The number of allylic oxidation sites excluding steroid dienone is 1. The highest BCUT2D eigenvalue weighted by Gasteiger charge is 2.30. The molecule has 9 heteroatoms. The second-order valence-electron chi connectivity index (χ2n) is 5.76. The number of amides is 1. The summed E-state index contributed by atoms with van der Waals surface area (Å²) in [6.45, 7) is 0. The Bertz CT molecular complexity index is 1060. The third-order valence-electron chi connectivity index (χ3n) is 4.07. The number of aliphatic carboxylic acids is 1. The Labute approximate surface area is 162 Å². The molecule has 7 nitrogen and oxygen atoms in total. The molecule has 1 aliphatic rings. The normalized spacial score (nSPS) is 15.4. The van der Waals surface area contributed by atoms with Gasteiger partial charge in [-0.25, -0.2) is 9.48 Å². The summed E-state index contributed by atoms with van der Waals surface area (Å²) in [4.78, 5) is 25.2. The summed E-state index contributed by atoms with van der Waals surface area (Å²) in [5.41, 5.74) is 0.681. The van der Waals surface area contributed by atoms with Crippen molar-refractivity contribution >= 4 is 46.3 Å². The van der Waals surface area contributed by atoms with Gasteiger partial charge >= 0.3 is 5.97 Å². The predicted molar refractivity (Wildman–Crippen MR) is 103 cm³/mol. The van der Waals surface area contributed by atoms with Gasteiger partial charge in [-0.15, -0.1) is 11.3 Å². The lowest BCUT2D eigenvalue weighted by Crippen LogP contribution is -2.25. The maximum atomic E-state index is 12.7. The van der Waals surface area contributed by atoms with Gasteiger partial charge in [0.15, 0.2) is 0 Å². The number of anilines is 2. The van der Waals surface area contributed by atoms with Crippen LogP contribution in [0.4, 0.5) is 11.5 Å². The summed E-state index contributed by atoms with van der Waals surface area (Å²) in [5, 5.41) is 21.6. The minimum absolute atomic E-state index is 0.00630. The molecule has 0 bridgehead atoms. The Morgan fingerprint density at radius 1 is 1.26 bits per heavy atom. The van der Waals surface area contributed by atoms with Gasteiger partial charge in [-0.2, -0.15) is 5.10 Å². The molecule has 0 saturated heterocycles. The Balaban J connectivity index is 1.72. The molecule has 0 aliphatic carbocycles. The van der Waals surface area contributed by atoms with Gasteiger partial charge < -0.3 is 15.7 Å². The molecule has 3 heterocycles. The molecule has 0 fully saturated rings. The van der Waals surface area contributed by atoms with E-state index in [1.165, 1.54) is 17.5 Å². The molecule has 0 saturated carbocycles. The number of benzene rings is 1. The number of hydrogen-bond donors (Lipinski definition) is 3. The van der Waals surface area contributed by atoms with Crippen molar-refractivity contribution in [1.29, 1.82) is 0 Å². The number of carboxylic acid groups (broad SMARTS) is 1. The number of aromatic nitrogens is 2. The van der Waals surface area contributed by atoms with Crippen LogP contribution in [0.5, 0.6) is 0 Å². The monoisotopic (exact) mass is 400 g/mol. The molecular weight excluding hydrogens is 388 g/mol. The molecule has 2 aromatic heterocycles. The number of carboxylic acids is 1. The first-order chi connectivity index (χ1) is 13.0. The van der Waals surface area contributed by atoms with E-state index >= 15 is 0 Å². The molecule has 1 aromatic carbocycles. The number of thiophene rings is 1. The number of carbonyl (C=O) groups excluding carboxylic acids is 1. The highest BCUT2D eigenvalue weighted by Crippen LogP contribution is 2.34. The van der Waals surface area contributed by atoms with E-state index in [1.54, 1.807) is 35.0 Å². The fourth-order valence-electron chi connectivity index (χ4n) is 2.80. The fraction of sp³-hybridized carbons (Fsp3) is 0.0556. The molecule has 3 N–H and O–H groups in total. The van der Waals surface area contributed by atoms with E-state index in [0.29, 0.717) is 16.5 Å². The van der Waals surface area contributed by atoms with Crippen LogP contribution in [0.25, 0.3) is 0 Å². The number of carbonyl (C=O) groups is 2.